The van der Waals surface area contributed by atoms with Crippen molar-refractivity contribution in [2.24, 2.45) is 0 Å². The second kappa shape index (κ2) is 8.33. The molecule has 4 nitrogen and oxygen atoms in total. The Bertz CT molecular complexity index is 893. The summed E-state index contributed by atoms with van der Waals surface area (Å²) < 4.78 is 12.2. The third kappa shape index (κ3) is 5.16. The number of ether oxygens (including phenoxy) is 2. The van der Waals surface area contributed by atoms with Gasteiger partial charge < -0.3 is 14.8 Å². The van der Waals surface area contributed by atoms with Crippen molar-refractivity contribution in [3.8, 4) is 11.5 Å². The molecular weight excluding hydrogens is 374 g/mol. The maximum atomic E-state index is 13.1. The summed E-state index contributed by atoms with van der Waals surface area (Å²) in [7, 11) is 0. The van der Waals surface area contributed by atoms with Gasteiger partial charge >= 0.3 is 0 Å². The van der Waals surface area contributed by atoms with E-state index in [-0.39, 0.29) is 23.0 Å². The van der Waals surface area contributed by atoms with Crippen LogP contribution in [0.15, 0.2) is 42.5 Å². The lowest BCUT2D eigenvalue weighted by atomic mass is 9.87. The zero-order valence-electron chi connectivity index (χ0n) is 19.3. The molecule has 4 heteroatoms. The van der Waals surface area contributed by atoms with Crippen LogP contribution in [-0.2, 0) is 10.2 Å². The van der Waals surface area contributed by atoms with Crippen LogP contribution >= 0.6 is 0 Å². The molecule has 162 valence electrons. The number of hydrogen-bond acceptors (Lipinski definition) is 3. The minimum absolute atomic E-state index is 0.0850. The minimum Gasteiger partial charge on any atom is -0.487 e. The molecule has 2 atom stereocenters. The van der Waals surface area contributed by atoms with Crippen LogP contribution < -0.4 is 14.8 Å². The SMILES string of the molecule is CC[C@H](Oc1ccc(C(C)(C)C)cc1)C(=O)N[C@H]1CC(C)(C)Oc2cc(C)ccc21. The van der Waals surface area contributed by atoms with Crippen molar-refractivity contribution in [3.63, 3.8) is 0 Å². The van der Waals surface area contributed by atoms with Crippen LogP contribution in [0.5, 0.6) is 11.5 Å². The fourth-order valence-corrected chi connectivity index (χ4v) is 3.87. The van der Waals surface area contributed by atoms with Crippen LogP contribution in [0.3, 0.4) is 0 Å². The summed E-state index contributed by atoms with van der Waals surface area (Å²) in [6, 6.07) is 14.1. The summed E-state index contributed by atoms with van der Waals surface area (Å²) in [5.74, 6) is 1.48. The van der Waals surface area contributed by atoms with Crippen LogP contribution in [0.4, 0.5) is 0 Å². The van der Waals surface area contributed by atoms with Gasteiger partial charge in [0.05, 0.1) is 6.04 Å². The summed E-state index contributed by atoms with van der Waals surface area (Å²) in [5, 5.41) is 3.21. The summed E-state index contributed by atoms with van der Waals surface area (Å²) in [4.78, 5) is 13.1. The van der Waals surface area contributed by atoms with Gasteiger partial charge in [0.1, 0.15) is 17.1 Å². The highest BCUT2D eigenvalue weighted by molar-refractivity contribution is 5.81. The van der Waals surface area contributed by atoms with E-state index >= 15 is 0 Å². The van der Waals surface area contributed by atoms with Crippen molar-refractivity contribution in [1.82, 2.24) is 5.32 Å². The number of hydrogen-bond donors (Lipinski definition) is 1. The van der Waals surface area contributed by atoms with Gasteiger partial charge in [-0.3, -0.25) is 4.79 Å². The summed E-state index contributed by atoms with van der Waals surface area (Å²) in [6.45, 7) is 14.7. The second-order valence-corrected chi connectivity index (χ2v) is 9.96. The number of benzene rings is 2. The molecule has 1 amide bonds. The second-order valence-electron chi connectivity index (χ2n) is 9.96. The Morgan fingerprint density at radius 1 is 1.20 bits per heavy atom. The zero-order valence-corrected chi connectivity index (χ0v) is 19.3. The normalized spacial score (nSPS) is 18.7. The quantitative estimate of drug-likeness (QED) is 0.672. The first kappa shape index (κ1) is 22.2. The van der Waals surface area contributed by atoms with E-state index in [4.69, 9.17) is 9.47 Å². The van der Waals surface area contributed by atoms with E-state index in [9.17, 15) is 4.79 Å². The third-order valence-corrected chi connectivity index (χ3v) is 5.60. The van der Waals surface area contributed by atoms with Crippen molar-refractivity contribution in [1.29, 1.82) is 0 Å². The van der Waals surface area contributed by atoms with Gasteiger partial charge in [0.15, 0.2) is 6.10 Å². The van der Waals surface area contributed by atoms with Crippen molar-refractivity contribution >= 4 is 5.91 Å². The highest BCUT2D eigenvalue weighted by atomic mass is 16.5. The average Bonchev–Trinajstić information content (AvgIpc) is 2.64. The molecule has 0 saturated heterocycles. The molecule has 2 aromatic carbocycles. The Morgan fingerprint density at radius 3 is 2.47 bits per heavy atom. The molecule has 1 heterocycles. The van der Waals surface area contributed by atoms with Crippen molar-refractivity contribution in [3.05, 3.63) is 59.2 Å². The van der Waals surface area contributed by atoms with E-state index < -0.39 is 6.10 Å². The molecule has 0 aliphatic carbocycles. The molecule has 0 aromatic heterocycles. The molecule has 2 aromatic rings. The lowest BCUT2D eigenvalue weighted by Gasteiger charge is -2.38. The Balaban J connectivity index is 1.74. The largest absolute Gasteiger partial charge is 0.487 e. The molecule has 0 radical (unpaired) electrons. The first-order valence-electron chi connectivity index (χ1n) is 10.9. The fourth-order valence-electron chi connectivity index (χ4n) is 3.87. The van der Waals surface area contributed by atoms with E-state index in [1.165, 1.54) is 5.56 Å². The molecule has 3 rings (SSSR count). The van der Waals surface area contributed by atoms with Gasteiger partial charge in [-0.15, -0.1) is 0 Å². The number of carbonyl (C=O) groups excluding carboxylic acids is 1. The molecule has 1 N–H and O–H groups in total. The number of carbonyl (C=O) groups is 1. The average molecular weight is 410 g/mol. The molecule has 1 aliphatic heterocycles. The molecule has 0 bridgehead atoms. The lowest BCUT2D eigenvalue weighted by Crippen LogP contribution is -2.45. The fraction of sp³-hybridized carbons (Fsp3) is 0.500. The van der Waals surface area contributed by atoms with Gasteiger partial charge in [-0.25, -0.2) is 0 Å². The maximum absolute atomic E-state index is 13.1. The summed E-state index contributed by atoms with van der Waals surface area (Å²) >= 11 is 0. The van der Waals surface area contributed by atoms with Gasteiger partial charge in [0.2, 0.25) is 0 Å². The monoisotopic (exact) mass is 409 g/mol. The Hall–Kier alpha value is -2.49. The van der Waals surface area contributed by atoms with Crippen LogP contribution in [0.2, 0.25) is 0 Å². The smallest absolute Gasteiger partial charge is 0.261 e. The molecule has 0 unspecified atom stereocenters. The van der Waals surface area contributed by atoms with Gasteiger partial charge in [0, 0.05) is 12.0 Å². The van der Waals surface area contributed by atoms with E-state index in [1.54, 1.807) is 0 Å². The minimum atomic E-state index is -0.537. The third-order valence-electron chi connectivity index (χ3n) is 5.60. The van der Waals surface area contributed by atoms with Crippen LogP contribution in [0.1, 0.15) is 77.1 Å². The molecule has 0 fully saturated rings. The predicted molar refractivity (Wildman–Crippen MR) is 121 cm³/mol. The van der Waals surface area contributed by atoms with Crippen molar-refractivity contribution < 1.29 is 14.3 Å². The standard InChI is InChI=1S/C26H35NO3/c1-8-22(29-19-12-10-18(11-13-19)25(3,4)5)24(28)27-21-16-26(6,7)30-23-15-17(2)9-14-20(21)23/h9-15,21-22H,8,16H2,1-7H3,(H,27,28)/t21-,22-/m0/s1. The van der Waals surface area contributed by atoms with E-state index in [0.717, 1.165) is 16.9 Å². The van der Waals surface area contributed by atoms with Gasteiger partial charge in [-0.2, -0.15) is 0 Å². The number of rotatable bonds is 5. The van der Waals surface area contributed by atoms with Gasteiger partial charge in [0.25, 0.3) is 5.91 Å². The first-order valence-corrected chi connectivity index (χ1v) is 10.9. The first-order chi connectivity index (χ1) is 14.0. The maximum Gasteiger partial charge on any atom is 0.261 e. The lowest BCUT2D eigenvalue weighted by molar-refractivity contribution is -0.129. The number of fused-ring (bicyclic) bond motifs is 1. The number of aryl methyl sites for hydroxylation is 1. The Kier molecular flexibility index (Phi) is 6.16. The molecule has 0 spiro atoms. The van der Waals surface area contributed by atoms with Crippen LogP contribution in [0.25, 0.3) is 0 Å². The summed E-state index contributed by atoms with van der Waals surface area (Å²) in [6.07, 6.45) is 0.775. The Morgan fingerprint density at radius 2 is 1.87 bits per heavy atom. The van der Waals surface area contributed by atoms with E-state index in [2.05, 4.69) is 64.2 Å². The zero-order chi connectivity index (χ0) is 22.1. The van der Waals surface area contributed by atoms with Crippen molar-refractivity contribution in [2.75, 3.05) is 0 Å². The molecule has 0 saturated carbocycles. The predicted octanol–water partition coefficient (Wildman–Crippen LogP) is 5.87. The molecule has 1 aliphatic rings. The van der Waals surface area contributed by atoms with E-state index in [0.29, 0.717) is 18.6 Å². The highest BCUT2D eigenvalue weighted by Gasteiger charge is 2.35. The van der Waals surface area contributed by atoms with E-state index in [1.807, 2.05) is 32.0 Å². The van der Waals surface area contributed by atoms with Crippen LogP contribution in [0, 0.1) is 6.92 Å². The number of nitrogens with one attached hydrogen (secondary N) is 1. The summed E-state index contributed by atoms with van der Waals surface area (Å²) in [5.41, 5.74) is 3.15. The molecular formula is C26H35NO3. The van der Waals surface area contributed by atoms with Crippen LogP contribution in [-0.4, -0.2) is 17.6 Å². The molecule has 30 heavy (non-hydrogen) atoms. The van der Waals surface area contributed by atoms with Crippen molar-refractivity contribution in [2.45, 2.75) is 84.5 Å². The topological polar surface area (TPSA) is 47.6 Å². The number of amides is 1. The Labute approximate surface area is 181 Å². The highest BCUT2D eigenvalue weighted by Crippen LogP contribution is 2.40. The van der Waals surface area contributed by atoms with Gasteiger partial charge in [-0.1, -0.05) is 52.0 Å². The van der Waals surface area contributed by atoms with Gasteiger partial charge in [-0.05, 0) is 61.9 Å².